The molecule has 0 amide bonds. The summed E-state index contributed by atoms with van der Waals surface area (Å²) >= 11 is 0. The number of halogens is 3. The average Bonchev–Trinajstić information content (AvgIpc) is 2.44. The van der Waals surface area contributed by atoms with Gasteiger partial charge in [-0.1, -0.05) is 0 Å². The van der Waals surface area contributed by atoms with Crippen molar-refractivity contribution in [1.82, 2.24) is 0 Å². The van der Waals surface area contributed by atoms with E-state index in [1.807, 2.05) is 0 Å². The number of fused-ring (bicyclic) bond motifs is 1. The van der Waals surface area contributed by atoms with Gasteiger partial charge >= 0.3 is 21.3 Å². The molecule has 2 rings (SSSR count). The van der Waals surface area contributed by atoms with Crippen molar-refractivity contribution in [3.8, 4) is 17.2 Å². The van der Waals surface area contributed by atoms with Gasteiger partial charge in [-0.15, -0.1) is 0 Å². The normalized spacial score (nSPS) is 12.2. The Morgan fingerprint density at radius 1 is 1.09 bits per heavy atom. The van der Waals surface area contributed by atoms with Gasteiger partial charge in [0.15, 0.2) is 17.1 Å². The molecule has 11 heteroatoms. The number of hydrogen-bond acceptors (Lipinski definition) is 7. The van der Waals surface area contributed by atoms with Crippen LogP contribution in [0.2, 0.25) is 0 Å². The first kappa shape index (κ1) is 16.9. The summed E-state index contributed by atoms with van der Waals surface area (Å²) in [4.78, 5) is 11.5. The maximum Gasteiger partial charge on any atom is 0.534 e. The molecule has 2 aromatic rings. The molecule has 23 heavy (non-hydrogen) atoms. The van der Waals surface area contributed by atoms with E-state index in [-0.39, 0.29) is 22.5 Å². The third-order valence-corrected chi connectivity index (χ3v) is 3.67. The van der Waals surface area contributed by atoms with E-state index in [9.17, 15) is 26.4 Å². The molecule has 0 N–H and O–H groups in total. The highest BCUT2D eigenvalue weighted by molar-refractivity contribution is 7.88. The Balaban J connectivity index is 2.74. The van der Waals surface area contributed by atoms with Gasteiger partial charge in [0.25, 0.3) is 0 Å². The molecule has 0 aliphatic heterocycles. The minimum absolute atomic E-state index is 0.100. The molecule has 0 radical (unpaired) electrons. The second kappa shape index (κ2) is 5.65. The van der Waals surface area contributed by atoms with E-state index in [1.165, 1.54) is 26.4 Å². The van der Waals surface area contributed by atoms with Crippen molar-refractivity contribution in [1.29, 1.82) is 0 Å². The highest BCUT2D eigenvalue weighted by Crippen LogP contribution is 2.39. The maximum atomic E-state index is 12.4. The summed E-state index contributed by atoms with van der Waals surface area (Å²) in [6, 6.07) is 2.94. The fourth-order valence-corrected chi connectivity index (χ4v) is 2.21. The van der Waals surface area contributed by atoms with Crippen LogP contribution in [0.5, 0.6) is 17.2 Å². The summed E-state index contributed by atoms with van der Waals surface area (Å²) in [5.41, 5.74) is -7.09. The number of hydrogen-bond donors (Lipinski definition) is 0. The van der Waals surface area contributed by atoms with Gasteiger partial charge in [-0.3, -0.25) is 0 Å². The summed E-state index contributed by atoms with van der Waals surface area (Å²) < 4.78 is 78.3. The summed E-state index contributed by atoms with van der Waals surface area (Å²) in [6.07, 6.45) is 0. The highest BCUT2D eigenvalue weighted by Gasteiger charge is 2.48. The molecule has 0 bridgehead atoms. The Hall–Kier alpha value is -2.43. The molecule has 0 aliphatic rings. The van der Waals surface area contributed by atoms with E-state index in [1.54, 1.807) is 0 Å². The van der Waals surface area contributed by atoms with Gasteiger partial charge in [-0.05, 0) is 12.1 Å². The van der Waals surface area contributed by atoms with E-state index in [0.717, 1.165) is 0 Å². The number of rotatable bonds is 4. The van der Waals surface area contributed by atoms with Crippen LogP contribution in [0, 0.1) is 0 Å². The Kier molecular flexibility index (Phi) is 4.16. The van der Waals surface area contributed by atoms with Crippen LogP contribution in [0.4, 0.5) is 13.2 Å². The lowest BCUT2D eigenvalue weighted by Gasteiger charge is -2.13. The Labute approximate surface area is 127 Å². The van der Waals surface area contributed by atoms with Crippen LogP contribution in [-0.4, -0.2) is 28.1 Å². The zero-order valence-electron chi connectivity index (χ0n) is 11.6. The molecule has 1 heterocycles. The SMILES string of the molecule is COc1ccc2c(OS(=O)(=O)C(F)(F)F)cc(=O)oc2c1OC. The van der Waals surface area contributed by atoms with Crippen molar-refractivity contribution >= 4 is 21.1 Å². The van der Waals surface area contributed by atoms with Gasteiger partial charge in [0.1, 0.15) is 0 Å². The van der Waals surface area contributed by atoms with Crippen molar-refractivity contribution in [2.24, 2.45) is 0 Å². The Bertz CT molecular complexity index is 899. The quantitative estimate of drug-likeness (QED) is 0.471. The molecule has 0 unspecified atom stereocenters. The van der Waals surface area contributed by atoms with E-state index in [4.69, 9.17) is 13.9 Å². The molecule has 1 aromatic heterocycles. The van der Waals surface area contributed by atoms with E-state index in [0.29, 0.717) is 6.07 Å². The van der Waals surface area contributed by atoms with Crippen molar-refractivity contribution in [3.63, 3.8) is 0 Å². The van der Waals surface area contributed by atoms with Crippen molar-refractivity contribution in [2.75, 3.05) is 14.2 Å². The monoisotopic (exact) mass is 354 g/mol. The van der Waals surface area contributed by atoms with Gasteiger partial charge < -0.3 is 18.1 Å². The summed E-state index contributed by atoms with van der Waals surface area (Å²) in [6.45, 7) is 0. The Morgan fingerprint density at radius 3 is 2.26 bits per heavy atom. The fourth-order valence-electron chi connectivity index (χ4n) is 1.74. The first-order valence-corrected chi connectivity index (χ1v) is 7.21. The lowest BCUT2D eigenvalue weighted by molar-refractivity contribution is -0.0499. The number of ether oxygens (including phenoxy) is 2. The van der Waals surface area contributed by atoms with Crippen LogP contribution in [0.15, 0.2) is 27.4 Å². The third kappa shape index (κ3) is 3.04. The summed E-state index contributed by atoms with van der Waals surface area (Å²) in [5.74, 6) is -0.814. The van der Waals surface area contributed by atoms with Gasteiger partial charge in [-0.2, -0.15) is 21.6 Å². The van der Waals surface area contributed by atoms with Crippen molar-refractivity contribution in [2.45, 2.75) is 5.51 Å². The van der Waals surface area contributed by atoms with Crippen LogP contribution in [0.25, 0.3) is 11.0 Å². The topological polar surface area (TPSA) is 92.0 Å². The second-order valence-corrected chi connectivity index (χ2v) is 5.63. The second-order valence-electron chi connectivity index (χ2n) is 4.09. The predicted octanol–water partition coefficient (Wildman–Crippen LogP) is 2.04. The lowest BCUT2D eigenvalue weighted by atomic mass is 10.2. The van der Waals surface area contributed by atoms with Crippen LogP contribution >= 0.6 is 0 Å². The molecule has 7 nitrogen and oxygen atoms in total. The highest BCUT2D eigenvalue weighted by atomic mass is 32.2. The minimum Gasteiger partial charge on any atom is -0.493 e. The van der Waals surface area contributed by atoms with Crippen LogP contribution in [0.3, 0.4) is 0 Å². The largest absolute Gasteiger partial charge is 0.534 e. The summed E-state index contributed by atoms with van der Waals surface area (Å²) in [7, 11) is -3.45. The van der Waals surface area contributed by atoms with Gasteiger partial charge in [-0.25, -0.2) is 4.79 Å². The van der Waals surface area contributed by atoms with Crippen LogP contribution in [0.1, 0.15) is 0 Å². The summed E-state index contributed by atoms with van der Waals surface area (Å²) in [5, 5.41) is -0.213. The van der Waals surface area contributed by atoms with Crippen molar-refractivity contribution in [3.05, 3.63) is 28.6 Å². The molecule has 0 saturated carbocycles. The molecular formula is C12H9F3O7S. The first-order chi connectivity index (χ1) is 10.6. The maximum absolute atomic E-state index is 12.4. The molecule has 0 spiro atoms. The van der Waals surface area contributed by atoms with E-state index < -0.39 is 27.0 Å². The number of benzene rings is 1. The fraction of sp³-hybridized carbons (Fsp3) is 0.250. The van der Waals surface area contributed by atoms with Crippen molar-refractivity contribution < 1.29 is 39.7 Å². The zero-order valence-corrected chi connectivity index (χ0v) is 12.4. The van der Waals surface area contributed by atoms with Crippen LogP contribution < -0.4 is 19.3 Å². The third-order valence-electron chi connectivity index (χ3n) is 2.70. The smallest absolute Gasteiger partial charge is 0.493 e. The molecule has 0 saturated heterocycles. The predicted molar refractivity (Wildman–Crippen MR) is 71.2 cm³/mol. The van der Waals surface area contributed by atoms with Gasteiger partial charge in [0.2, 0.25) is 5.75 Å². The van der Waals surface area contributed by atoms with Crippen LogP contribution in [-0.2, 0) is 10.1 Å². The molecular weight excluding hydrogens is 345 g/mol. The van der Waals surface area contributed by atoms with E-state index in [2.05, 4.69) is 4.18 Å². The standard InChI is InChI=1S/C12H9F3O7S/c1-19-7-4-3-6-8(22-23(17,18)12(13,14)15)5-9(16)21-10(6)11(7)20-2/h3-5H,1-2H3. The number of alkyl halides is 3. The molecule has 126 valence electrons. The Morgan fingerprint density at radius 2 is 1.74 bits per heavy atom. The zero-order chi connectivity index (χ0) is 17.4. The molecule has 0 atom stereocenters. The lowest BCUT2D eigenvalue weighted by Crippen LogP contribution is -2.28. The van der Waals surface area contributed by atoms with Gasteiger partial charge in [0, 0.05) is 0 Å². The van der Waals surface area contributed by atoms with E-state index >= 15 is 0 Å². The molecule has 0 aliphatic carbocycles. The van der Waals surface area contributed by atoms with Gasteiger partial charge in [0.05, 0.1) is 25.7 Å². The number of methoxy groups -OCH3 is 2. The minimum atomic E-state index is -5.95. The molecule has 1 aromatic carbocycles. The first-order valence-electron chi connectivity index (χ1n) is 5.80. The molecule has 0 fully saturated rings. The average molecular weight is 354 g/mol.